The lowest BCUT2D eigenvalue weighted by molar-refractivity contribution is 0.314. The van der Waals surface area contributed by atoms with Crippen molar-refractivity contribution in [3.05, 3.63) is 41.5 Å². The van der Waals surface area contributed by atoms with Crippen molar-refractivity contribution in [1.82, 2.24) is 15.5 Å². The molecule has 0 saturated carbocycles. The average Bonchev–Trinajstić information content (AvgIpc) is 2.90. The maximum Gasteiger partial charge on any atom is 0.226 e. The third-order valence-corrected chi connectivity index (χ3v) is 3.67. The molecule has 0 radical (unpaired) electrons. The Balaban J connectivity index is 1.60. The van der Waals surface area contributed by atoms with Crippen LogP contribution in [0.15, 0.2) is 28.8 Å². The molecule has 0 spiro atoms. The molecule has 3 rings (SSSR count). The van der Waals surface area contributed by atoms with Crippen molar-refractivity contribution in [3.8, 4) is 5.75 Å². The Morgan fingerprint density at radius 2 is 2.15 bits per heavy atom. The molecule has 0 amide bonds. The van der Waals surface area contributed by atoms with E-state index in [1.165, 1.54) is 12.8 Å². The third-order valence-electron chi connectivity index (χ3n) is 3.67. The van der Waals surface area contributed by atoms with Crippen molar-refractivity contribution >= 4 is 0 Å². The second-order valence-electron chi connectivity index (χ2n) is 5.36. The summed E-state index contributed by atoms with van der Waals surface area (Å²) in [6.07, 6.45) is 3.93. The first kappa shape index (κ1) is 13.1. The molecule has 1 aromatic heterocycles. The van der Waals surface area contributed by atoms with E-state index in [1.54, 1.807) is 12.1 Å². The van der Waals surface area contributed by atoms with Crippen molar-refractivity contribution < 1.29 is 9.63 Å². The fourth-order valence-corrected chi connectivity index (χ4v) is 2.59. The zero-order valence-corrected chi connectivity index (χ0v) is 11.4. The number of phenols is 1. The summed E-state index contributed by atoms with van der Waals surface area (Å²) in [4.78, 5) is 4.45. The van der Waals surface area contributed by atoms with E-state index < -0.39 is 0 Å². The van der Waals surface area contributed by atoms with Crippen LogP contribution in [0.25, 0.3) is 0 Å². The Morgan fingerprint density at radius 3 is 2.90 bits per heavy atom. The second kappa shape index (κ2) is 6.05. The third kappa shape index (κ3) is 3.36. The van der Waals surface area contributed by atoms with Gasteiger partial charge in [-0.1, -0.05) is 17.3 Å². The molecule has 2 heterocycles. The number of rotatable bonds is 4. The summed E-state index contributed by atoms with van der Waals surface area (Å²) < 4.78 is 5.33. The molecule has 2 N–H and O–H groups in total. The van der Waals surface area contributed by atoms with Crippen molar-refractivity contribution in [2.45, 2.75) is 25.7 Å². The quantitative estimate of drug-likeness (QED) is 0.890. The van der Waals surface area contributed by atoms with E-state index in [2.05, 4.69) is 15.5 Å². The molecular weight excluding hydrogens is 254 g/mol. The molecule has 0 aliphatic carbocycles. The predicted molar refractivity (Wildman–Crippen MR) is 74.5 cm³/mol. The van der Waals surface area contributed by atoms with Crippen LogP contribution in [0.1, 0.15) is 30.1 Å². The lowest BCUT2D eigenvalue weighted by Gasteiger charge is -2.20. The van der Waals surface area contributed by atoms with Crippen LogP contribution < -0.4 is 5.32 Å². The van der Waals surface area contributed by atoms with Gasteiger partial charge in [0, 0.05) is 12.8 Å². The number of piperidine rings is 1. The lowest BCUT2D eigenvalue weighted by Crippen LogP contribution is -2.30. The summed E-state index contributed by atoms with van der Waals surface area (Å²) in [5, 5.41) is 16.7. The Bertz CT molecular complexity index is 545. The number of phenolic OH excluding ortho intramolecular Hbond substituents is 1. The monoisotopic (exact) mass is 273 g/mol. The number of nitrogens with zero attached hydrogens (tertiary/aromatic N) is 2. The molecule has 0 bridgehead atoms. The van der Waals surface area contributed by atoms with Gasteiger partial charge in [0.1, 0.15) is 5.75 Å². The summed E-state index contributed by atoms with van der Waals surface area (Å²) >= 11 is 0. The van der Waals surface area contributed by atoms with Crippen LogP contribution in [0.3, 0.4) is 0 Å². The van der Waals surface area contributed by atoms with E-state index in [1.807, 2.05) is 12.1 Å². The molecule has 1 aromatic carbocycles. The number of hydrogen-bond donors (Lipinski definition) is 2. The molecule has 5 nitrogen and oxygen atoms in total. The predicted octanol–water partition coefficient (Wildman–Crippen LogP) is 1.91. The normalized spacial score (nSPS) is 19.1. The molecule has 1 atom stereocenters. The fraction of sp³-hybridized carbons (Fsp3) is 0.467. The van der Waals surface area contributed by atoms with E-state index in [4.69, 9.17) is 4.52 Å². The smallest absolute Gasteiger partial charge is 0.226 e. The molecule has 20 heavy (non-hydrogen) atoms. The van der Waals surface area contributed by atoms with Crippen LogP contribution >= 0.6 is 0 Å². The minimum Gasteiger partial charge on any atom is -0.508 e. The SMILES string of the molecule is Oc1ccc(Cc2noc(CC3CCCNC3)n2)cc1. The number of hydrogen-bond acceptors (Lipinski definition) is 5. The number of nitrogens with one attached hydrogen (secondary N) is 1. The molecule has 1 saturated heterocycles. The van der Waals surface area contributed by atoms with Gasteiger partial charge in [-0.15, -0.1) is 0 Å². The standard InChI is InChI=1S/C15H19N3O2/c19-13-5-3-11(4-6-13)8-14-17-15(20-18-14)9-12-2-1-7-16-10-12/h3-6,12,16,19H,1-2,7-10H2. The first-order valence-corrected chi connectivity index (χ1v) is 7.10. The summed E-state index contributed by atoms with van der Waals surface area (Å²) in [5.74, 6) is 2.31. The van der Waals surface area contributed by atoms with Gasteiger partial charge in [-0.25, -0.2) is 0 Å². The molecule has 5 heteroatoms. The Morgan fingerprint density at radius 1 is 1.30 bits per heavy atom. The van der Waals surface area contributed by atoms with Crippen LogP contribution in [0, 0.1) is 5.92 Å². The van der Waals surface area contributed by atoms with Crippen LogP contribution in [0.2, 0.25) is 0 Å². The van der Waals surface area contributed by atoms with E-state index in [-0.39, 0.29) is 5.75 Å². The molecule has 106 valence electrons. The van der Waals surface area contributed by atoms with Crippen molar-refractivity contribution in [3.63, 3.8) is 0 Å². The van der Waals surface area contributed by atoms with Gasteiger partial charge >= 0.3 is 0 Å². The summed E-state index contributed by atoms with van der Waals surface area (Å²) in [6.45, 7) is 2.15. The van der Waals surface area contributed by atoms with Crippen molar-refractivity contribution in [1.29, 1.82) is 0 Å². The highest BCUT2D eigenvalue weighted by molar-refractivity contribution is 5.27. The second-order valence-corrected chi connectivity index (χ2v) is 5.36. The zero-order chi connectivity index (χ0) is 13.8. The van der Waals surface area contributed by atoms with Crippen LogP contribution in [0.5, 0.6) is 5.75 Å². The summed E-state index contributed by atoms with van der Waals surface area (Å²) in [5.41, 5.74) is 1.06. The van der Waals surface area contributed by atoms with Gasteiger partial charge in [-0.2, -0.15) is 4.98 Å². The highest BCUT2D eigenvalue weighted by Crippen LogP contribution is 2.16. The summed E-state index contributed by atoms with van der Waals surface area (Å²) in [6, 6.07) is 7.08. The highest BCUT2D eigenvalue weighted by atomic mass is 16.5. The number of aromatic nitrogens is 2. The van der Waals surface area contributed by atoms with E-state index in [9.17, 15) is 5.11 Å². The van der Waals surface area contributed by atoms with Gasteiger partial charge in [0.2, 0.25) is 5.89 Å². The first-order chi connectivity index (χ1) is 9.79. The van der Waals surface area contributed by atoms with Gasteiger partial charge in [-0.3, -0.25) is 0 Å². The van der Waals surface area contributed by atoms with E-state index in [0.717, 1.165) is 31.0 Å². The number of aromatic hydroxyl groups is 1. The lowest BCUT2D eigenvalue weighted by atomic mass is 9.96. The minimum absolute atomic E-state index is 0.271. The molecule has 1 aliphatic heterocycles. The van der Waals surface area contributed by atoms with E-state index >= 15 is 0 Å². The largest absolute Gasteiger partial charge is 0.508 e. The zero-order valence-electron chi connectivity index (χ0n) is 11.4. The Hall–Kier alpha value is -1.88. The Kier molecular flexibility index (Phi) is 3.97. The first-order valence-electron chi connectivity index (χ1n) is 7.10. The van der Waals surface area contributed by atoms with Gasteiger partial charge in [-0.05, 0) is 49.5 Å². The molecule has 2 aromatic rings. The maximum atomic E-state index is 9.25. The van der Waals surface area contributed by atoms with Crippen LogP contribution in [-0.4, -0.2) is 28.3 Å². The topological polar surface area (TPSA) is 71.2 Å². The van der Waals surface area contributed by atoms with Gasteiger partial charge in [0.05, 0.1) is 0 Å². The average molecular weight is 273 g/mol. The Labute approximate surface area is 118 Å². The molecule has 1 aliphatic rings. The van der Waals surface area contributed by atoms with Gasteiger partial charge in [0.25, 0.3) is 0 Å². The van der Waals surface area contributed by atoms with E-state index in [0.29, 0.717) is 18.2 Å². The molecule has 1 fully saturated rings. The number of benzene rings is 1. The fourth-order valence-electron chi connectivity index (χ4n) is 2.59. The minimum atomic E-state index is 0.271. The van der Waals surface area contributed by atoms with Crippen molar-refractivity contribution in [2.75, 3.05) is 13.1 Å². The van der Waals surface area contributed by atoms with Crippen LogP contribution in [-0.2, 0) is 12.8 Å². The van der Waals surface area contributed by atoms with Gasteiger partial charge in [0.15, 0.2) is 5.82 Å². The summed E-state index contributed by atoms with van der Waals surface area (Å²) in [7, 11) is 0. The molecular formula is C15H19N3O2. The maximum absolute atomic E-state index is 9.25. The van der Waals surface area contributed by atoms with Crippen molar-refractivity contribution in [2.24, 2.45) is 5.92 Å². The van der Waals surface area contributed by atoms with Gasteiger partial charge < -0.3 is 14.9 Å². The highest BCUT2D eigenvalue weighted by Gasteiger charge is 2.17. The molecule has 1 unspecified atom stereocenters. The van der Waals surface area contributed by atoms with Crippen LogP contribution in [0.4, 0.5) is 0 Å².